The molecule has 0 radical (unpaired) electrons. The van der Waals surface area contributed by atoms with E-state index in [9.17, 15) is 9.59 Å². The third-order valence-electron chi connectivity index (χ3n) is 1.54. The van der Waals surface area contributed by atoms with Crippen LogP contribution in [-0.2, 0) is 9.63 Å². The minimum Gasteiger partial charge on any atom is -0.479 e. The van der Waals surface area contributed by atoms with Crippen molar-refractivity contribution in [3.05, 3.63) is 27.7 Å². The summed E-state index contributed by atoms with van der Waals surface area (Å²) >= 11 is 9.02. The summed E-state index contributed by atoms with van der Waals surface area (Å²) in [5.41, 5.74) is 2.36. The largest absolute Gasteiger partial charge is 0.479 e. The highest BCUT2D eigenvalue weighted by atomic mass is 79.9. The molecule has 17 heavy (non-hydrogen) atoms. The first-order chi connectivity index (χ1) is 7.99. The molecule has 0 spiro atoms. The number of nitrogens with one attached hydrogen (secondary N) is 2. The molecule has 0 aliphatic heterocycles. The van der Waals surface area contributed by atoms with Gasteiger partial charge in [-0.05, 0) is 34.1 Å². The Morgan fingerprint density at radius 3 is 2.76 bits per heavy atom. The molecule has 0 heterocycles. The van der Waals surface area contributed by atoms with Crippen LogP contribution in [0.2, 0.25) is 5.02 Å². The average molecular weight is 324 g/mol. The molecule has 92 valence electrons. The van der Waals surface area contributed by atoms with Gasteiger partial charge in [-0.25, -0.2) is 15.1 Å². The number of rotatable bonds is 4. The zero-order chi connectivity index (χ0) is 12.8. The standard InChI is InChI=1S/C9H8BrClN2O4/c10-6-2-1-5(3-7(6)11)12-9(16)13-17-4-8(14)15/h1-3H,4H2,(H,14,15)(H2,12,13,16). The summed E-state index contributed by atoms with van der Waals surface area (Å²) in [4.78, 5) is 25.7. The molecule has 0 aliphatic carbocycles. The number of urea groups is 1. The minimum absolute atomic E-state index is 0.439. The molecule has 0 fully saturated rings. The molecule has 1 aromatic carbocycles. The highest BCUT2D eigenvalue weighted by molar-refractivity contribution is 9.10. The van der Waals surface area contributed by atoms with Crippen molar-refractivity contribution < 1.29 is 19.5 Å². The summed E-state index contributed by atoms with van der Waals surface area (Å²) in [6.07, 6.45) is 0. The van der Waals surface area contributed by atoms with Gasteiger partial charge in [-0.15, -0.1) is 0 Å². The Bertz CT molecular complexity index is 441. The van der Waals surface area contributed by atoms with Crippen molar-refractivity contribution in [2.75, 3.05) is 11.9 Å². The predicted octanol–water partition coefficient (Wildman–Crippen LogP) is 2.24. The van der Waals surface area contributed by atoms with Crippen molar-refractivity contribution >= 4 is 45.2 Å². The Kier molecular flexibility index (Phi) is 5.20. The number of hydroxylamine groups is 1. The van der Waals surface area contributed by atoms with Crippen molar-refractivity contribution in [3.8, 4) is 0 Å². The van der Waals surface area contributed by atoms with Crippen LogP contribution < -0.4 is 10.8 Å². The quantitative estimate of drug-likeness (QED) is 0.742. The van der Waals surface area contributed by atoms with Gasteiger partial charge in [0.1, 0.15) is 0 Å². The van der Waals surface area contributed by atoms with E-state index in [1.165, 1.54) is 6.07 Å². The normalized spacial score (nSPS) is 9.76. The maximum Gasteiger partial charge on any atom is 0.343 e. The van der Waals surface area contributed by atoms with Gasteiger partial charge in [0.05, 0.1) is 5.02 Å². The van der Waals surface area contributed by atoms with E-state index in [2.05, 4.69) is 26.1 Å². The number of amides is 2. The number of carboxylic acids is 1. The van der Waals surface area contributed by atoms with Crippen LogP contribution in [0.25, 0.3) is 0 Å². The SMILES string of the molecule is O=C(O)CONC(=O)Nc1ccc(Br)c(Cl)c1. The van der Waals surface area contributed by atoms with E-state index >= 15 is 0 Å². The lowest BCUT2D eigenvalue weighted by atomic mass is 10.3. The van der Waals surface area contributed by atoms with Gasteiger partial charge in [-0.2, -0.15) is 0 Å². The molecule has 1 aromatic rings. The average Bonchev–Trinajstić information content (AvgIpc) is 2.23. The smallest absolute Gasteiger partial charge is 0.343 e. The summed E-state index contributed by atoms with van der Waals surface area (Å²) in [5, 5.41) is 11.1. The van der Waals surface area contributed by atoms with Crippen LogP contribution in [0.4, 0.5) is 10.5 Å². The first-order valence-electron chi connectivity index (χ1n) is 4.34. The Hall–Kier alpha value is -1.31. The molecule has 2 amide bonds. The molecule has 1 rings (SSSR count). The molecule has 0 unspecified atom stereocenters. The Morgan fingerprint density at radius 2 is 2.18 bits per heavy atom. The van der Waals surface area contributed by atoms with Gasteiger partial charge < -0.3 is 10.4 Å². The maximum absolute atomic E-state index is 11.2. The summed E-state index contributed by atoms with van der Waals surface area (Å²) in [5.74, 6) is -1.18. The van der Waals surface area contributed by atoms with Crippen molar-refractivity contribution in [1.29, 1.82) is 0 Å². The number of carbonyl (C=O) groups is 2. The van der Waals surface area contributed by atoms with Gasteiger partial charge in [0, 0.05) is 10.2 Å². The summed E-state index contributed by atoms with van der Waals surface area (Å²) in [6.45, 7) is -0.617. The van der Waals surface area contributed by atoms with Crippen LogP contribution in [0.3, 0.4) is 0 Å². The second-order valence-corrected chi connectivity index (χ2v) is 4.13. The van der Waals surface area contributed by atoms with E-state index < -0.39 is 18.6 Å². The zero-order valence-electron chi connectivity index (χ0n) is 8.37. The fourth-order valence-electron chi connectivity index (χ4n) is 0.894. The van der Waals surface area contributed by atoms with Gasteiger partial charge >= 0.3 is 12.0 Å². The number of anilines is 1. The number of hydrogen-bond acceptors (Lipinski definition) is 3. The molecule has 0 atom stereocenters. The fraction of sp³-hybridized carbons (Fsp3) is 0.111. The van der Waals surface area contributed by atoms with Crippen molar-refractivity contribution in [3.63, 3.8) is 0 Å². The second-order valence-electron chi connectivity index (χ2n) is 2.87. The predicted molar refractivity (Wildman–Crippen MR) is 64.9 cm³/mol. The summed E-state index contributed by atoms with van der Waals surface area (Å²) in [6, 6.07) is 4.12. The van der Waals surface area contributed by atoms with Gasteiger partial charge in [0.25, 0.3) is 0 Å². The molecule has 0 saturated heterocycles. The van der Waals surface area contributed by atoms with E-state index in [0.717, 1.165) is 0 Å². The number of carboxylic acid groups (broad SMARTS) is 1. The highest BCUT2D eigenvalue weighted by Crippen LogP contribution is 2.25. The number of hydrogen-bond donors (Lipinski definition) is 3. The topological polar surface area (TPSA) is 87.7 Å². The Balaban J connectivity index is 2.45. The van der Waals surface area contributed by atoms with Crippen LogP contribution in [0.15, 0.2) is 22.7 Å². The van der Waals surface area contributed by atoms with Crippen molar-refractivity contribution in [2.45, 2.75) is 0 Å². The molecule has 6 nitrogen and oxygen atoms in total. The number of carbonyl (C=O) groups excluding carboxylic acids is 1. The molecule has 3 N–H and O–H groups in total. The molecule has 0 aliphatic rings. The lowest BCUT2D eigenvalue weighted by Crippen LogP contribution is -2.30. The number of benzene rings is 1. The van der Waals surface area contributed by atoms with Crippen LogP contribution >= 0.6 is 27.5 Å². The van der Waals surface area contributed by atoms with Crippen molar-refractivity contribution in [1.82, 2.24) is 5.48 Å². The van der Waals surface area contributed by atoms with Crippen LogP contribution in [-0.4, -0.2) is 23.7 Å². The Labute approximate surface area is 110 Å². The second kappa shape index (κ2) is 6.43. The molecular formula is C9H8BrClN2O4. The zero-order valence-corrected chi connectivity index (χ0v) is 10.7. The fourth-order valence-corrected chi connectivity index (χ4v) is 1.32. The maximum atomic E-state index is 11.2. The van der Waals surface area contributed by atoms with Gasteiger partial charge in [-0.3, -0.25) is 4.84 Å². The summed E-state index contributed by atoms with van der Waals surface area (Å²) < 4.78 is 0.701. The Morgan fingerprint density at radius 1 is 1.47 bits per heavy atom. The van der Waals surface area contributed by atoms with Crippen LogP contribution in [0.1, 0.15) is 0 Å². The van der Waals surface area contributed by atoms with E-state index in [4.69, 9.17) is 16.7 Å². The van der Waals surface area contributed by atoms with Gasteiger partial charge in [0.2, 0.25) is 0 Å². The van der Waals surface area contributed by atoms with Crippen LogP contribution in [0, 0.1) is 0 Å². The third kappa shape index (κ3) is 5.03. The van der Waals surface area contributed by atoms with E-state index in [1.807, 2.05) is 5.48 Å². The molecular weight excluding hydrogens is 315 g/mol. The first kappa shape index (κ1) is 13.8. The lowest BCUT2D eigenvalue weighted by Gasteiger charge is -2.07. The van der Waals surface area contributed by atoms with Crippen molar-refractivity contribution in [2.24, 2.45) is 0 Å². The van der Waals surface area contributed by atoms with Gasteiger partial charge in [-0.1, -0.05) is 11.6 Å². The van der Waals surface area contributed by atoms with E-state index in [1.54, 1.807) is 12.1 Å². The first-order valence-corrected chi connectivity index (χ1v) is 5.52. The number of halogens is 2. The van der Waals surface area contributed by atoms with E-state index in [0.29, 0.717) is 15.2 Å². The molecule has 0 bridgehead atoms. The molecule has 8 heteroatoms. The van der Waals surface area contributed by atoms with Gasteiger partial charge in [0.15, 0.2) is 6.61 Å². The highest BCUT2D eigenvalue weighted by Gasteiger charge is 2.05. The molecule has 0 aromatic heterocycles. The van der Waals surface area contributed by atoms with E-state index in [-0.39, 0.29) is 0 Å². The monoisotopic (exact) mass is 322 g/mol. The minimum atomic E-state index is -1.18. The molecule has 0 saturated carbocycles. The third-order valence-corrected chi connectivity index (χ3v) is 2.77. The number of aliphatic carboxylic acids is 1. The lowest BCUT2D eigenvalue weighted by molar-refractivity contribution is -0.143. The summed E-state index contributed by atoms with van der Waals surface area (Å²) in [7, 11) is 0. The van der Waals surface area contributed by atoms with Crippen LogP contribution in [0.5, 0.6) is 0 Å².